The van der Waals surface area contributed by atoms with Crippen molar-refractivity contribution < 1.29 is 27.1 Å². The van der Waals surface area contributed by atoms with Gasteiger partial charge < -0.3 is 10.0 Å². The number of hydrogen-bond donors (Lipinski definition) is 2. The molecule has 1 unspecified atom stereocenters. The summed E-state index contributed by atoms with van der Waals surface area (Å²) in [5.74, 6) is -4.27. The monoisotopic (exact) mass is 354 g/mol. The number of aliphatic hydroxyl groups is 1. The first-order valence-electron chi connectivity index (χ1n) is 7.90. The van der Waals surface area contributed by atoms with Gasteiger partial charge in [-0.15, -0.1) is 0 Å². The van der Waals surface area contributed by atoms with E-state index < -0.39 is 53.2 Å². The van der Waals surface area contributed by atoms with Crippen molar-refractivity contribution in [2.45, 2.75) is 57.0 Å². The third-order valence-corrected chi connectivity index (χ3v) is 5.90. The Morgan fingerprint density at radius 1 is 1.30 bits per heavy atom. The third kappa shape index (κ3) is 5.09. The molecule has 1 saturated carbocycles. The molecule has 9 heteroatoms. The van der Waals surface area contributed by atoms with E-state index in [4.69, 9.17) is 5.11 Å². The molecule has 0 radical (unpaired) electrons. The van der Waals surface area contributed by atoms with Gasteiger partial charge in [-0.3, -0.25) is 4.79 Å². The molecule has 23 heavy (non-hydrogen) atoms. The lowest BCUT2D eigenvalue weighted by Crippen LogP contribution is -2.46. The van der Waals surface area contributed by atoms with Gasteiger partial charge in [-0.05, 0) is 31.6 Å². The average molecular weight is 354 g/mol. The molecule has 1 aliphatic carbocycles. The Labute approximate surface area is 135 Å². The molecule has 1 aliphatic heterocycles. The highest BCUT2D eigenvalue weighted by Crippen LogP contribution is 2.32. The summed E-state index contributed by atoms with van der Waals surface area (Å²) in [6.45, 7) is 0.666. The van der Waals surface area contributed by atoms with E-state index in [0.717, 1.165) is 30.6 Å². The highest BCUT2D eigenvalue weighted by Gasteiger charge is 2.47. The van der Waals surface area contributed by atoms with E-state index in [9.17, 15) is 22.0 Å². The number of hydrogen-bond acceptors (Lipinski definition) is 4. The van der Waals surface area contributed by atoms with Gasteiger partial charge in [0.05, 0.1) is 19.2 Å². The molecular weight excluding hydrogens is 330 g/mol. The second-order valence-corrected chi connectivity index (χ2v) is 8.51. The summed E-state index contributed by atoms with van der Waals surface area (Å²) in [5.41, 5.74) is 0. The van der Waals surface area contributed by atoms with E-state index in [1.54, 1.807) is 0 Å². The van der Waals surface area contributed by atoms with Crippen molar-refractivity contribution in [3.63, 3.8) is 0 Å². The minimum Gasteiger partial charge on any atom is -0.394 e. The smallest absolute Gasteiger partial charge is 0.267 e. The van der Waals surface area contributed by atoms with Crippen LogP contribution in [0.2, 0.25) is 0 Å². The van der Waals surface area contributed by atoms with Crippen molar-refractivity contribution in [2.75, 3.05) is 18.9 Å². The minimum absolute atomic E-state index is 0.197. The van der Waals surface area contributed by atoms with Gasteiger partial charge >= 0.3 is 0 Å². The maximum Gasteiger partial charge on any atom is 0.267 e. The van der Waals surface area contributed by atoms with Crippen LogP contribution < -0.4 is 4.72 Å². The number of amides is 1. The van der Waals surface area contributed by atoms with E-state index in [2.05, 4.69) is 11.6 Å². The van der Waals surface area contributed by atoms with Gasteiger partial charge in [0, 0.05) is 12.5 Å². The fourth-order valence-electron chi connectivity index (χ4n) is 3.27. The first-order valence-corrected chi connectivity index (χ1v) is 9.55. The maximum absolute atomic E-state index is 13.4. The van der Waals surface area contributed by atoms with Gasteiger partial charge in [0.2, 0.25) is 15.9 Å². The Morgan fingerprint density at radius 3 is 2.48 bits per heavy atom. The maximum atomic E-state index is 13.4. The minimum atomic E-state index is -3.87. The lowest BCUT2D eigenvalue weighted by atomic mass is 9.88. The molecule has 6 nitrogen and oxygen atoms in total. The molecule has 2 N–H and O–H groups in total. The molecule has 2 aliphatic rings. The van der Waals surface area contributed by atoms with Crippen molar-refractivity contribution >= 4 is 15.9 Å². The van der Waals surface area contributed by atoms with E-state index in [-0.39, 0.29) is 6.04 Å². The zero-order valence-electron chi connectivity index (χ0n) is 13.2. The second-order valence-electron chi connectivity index (χ2n) is 6.75. The lowest BCUT2D eigenvalue weighted by molar-refractivity contribution is -0.131. The molecule has 0 spiro atoms. The standard InChI is InChI=1S/C14H24F2N2O4S/c1-10-2-4-11(5-3-10)17-23(21,22)8-13(20)18-9-14(15,16)6-12(18)7-19/h10-12,17,19H,2-9H2,1H3. The van der Waals surface area contributed by atoms with Gasteiger partial charge in [-0.25, -0.2) is 21.9 Å². The van der Waals surface area contributed by atoms with Crippen molar-refractivity contribution in [1.29, 1.82) is 0 Å². The van der Waals surface area contributed by atoms with Crippen LogP contribution in [0.3, 0.4) is 0 Å². The number of likely N-dealkylation sites (tertiary alicyclic amines) is 1. The third-order valence-electron chi connectivity index (χ3n) is 4.58. The Morgan fingerprint density at radius 2 is 1.91 bits per heavy atom. The van der Waals surface area contributed by atoms with E-state index in [0.29, 0.717) is 5.92 Å². The first-order chi connectivity index (χ1) is 10.6. The lowest BCUT2D eigenvalue weighted by Gasteiger charge is -2.27. The molecule has 0 aromatic heterocycles. The summed E-state index contributed by atoms with van der Waals surface area (Å²) in [5, 5.41) is 9.11. The highest BCUT2D eigenvalue weighted by atomic mass is 32.2. The topological polar surface area (TPSA) is 86.7 Å². The first kappa shape index (κ1) is 18.5. The zero-order chi connectivity index (χ0) is 17.3. The normalized spacial score (nSPS) is 31.3. The SMILES string of the molecule is CC1CCC(NS(=O)(=O)CC(=O)N2CC(F)(F)CC2CO)CC1. The summed E-state index contributed by atoms with van der Waals surface area (Å²) in [4.78, 5) is 12.9. The number of carbonyl (C=O) groups excluding carboxylic acids is 1. The molecule has 1 amide bonds. The van der Waals surface area contributed by atoms with Crippen molar-refractivity contribution in [3.8, 4) is 0 Å². The molecule has 2 fully saturated rings. The predicted octanol–water partition coefficient (Wildman–Crippen LogP) is 0.713. The van der Waals surface area contributed by atoms with Crippen LogP contribution >= 0.6 is 0 Å². The molecule has 1 atom stereocenters. The van der Waals surface area contributed by atoms with Crippen LogP contribution in [0.25, 0.3) is 0 Å². The summed E-state index contributed by atoms with van der Waals surface area (Å²) in [7, 11) is -3.87. The summed E-state index contributed by atoms with van der Waals surface area (Å²) in [6, 6.07) is -1.22. The highest BCUT2D eigenvalue weighted by molar-refractivity contribution is 7.90. The van der Waals surface area contributed by atoms with Gasteiger partial charge in [0.1, 0.15) is 5.75 Å². The Kier molecular flexibility index (Phi) is 5.63. The van der Waals surface area contributed by atoms with Crippen molar-refractivity contribution in [3.05, 3.63) is 0 Å². The summed E-state index contributed by atoms with van der Waals surface area (Å²) in [6.07, 6.45) is 2.65. The van der Waals surface area contributed by atoms with Crippen molar-refractivity contribution in [2.24, 2.45) is 5.92 Å². The number of alkyl halides is 2. The molecule has 1 heterocycles. The Balaban J connectivity index is 1.93. The molecule has 1 saturated heterocycles. The van der Waals surface area contributed by atoms with E-state index in [1.165, 1.54) is 0 Å². The number of nitrogens with one attached hydrogen (secondary N) is 1. The molecule has 0 aromatic carbocycles. The number of carbonyl (C=O) groups is 1. The second kappa shape index (κ2) is 6.98. The van der Waals surface area contributed by atoms with E-state index in [1.807, 2.05) is 0 Å². The van der Waals surface area contributed by atoms with Crippen LogP contribution in [0.15, 0.2) is 0 Å². The van der Waals surface area contributed by atoms with Gasteiger partial charge in [0.25, 0.3) is 5.92 Å². The zero-order valence-corrected chi connectivity index (χ0v) is 14.0. The van der Waals surface area contributed by atoms with Gasteiger partial charge in [-0.1, -0.05) is 6.92 Å². The largest absolute Gasteiger partial charge is 0.394 e. The number of nitrogens with zero attached hydrogens (tertiary/aromatic N) is 1. The predicted molar refractivity (Wildman–Crippen MR) is 80.5 cm³/mol. The molecular formula is C14H24F2N2O4S. The molecule has 134 valence electrons. The van der Waals surface area contributed by atoms with Crippen molar-refractivity contribution in [1.82, 2.24) is 9.62 Å². The Bertz CT molecular complexity index is 533. The van der Waals surface area contributed by atoms with Gasteiger partial charge in [0.15, 0.2) is 0 Å². The van der Waals surface area contributed by atoms with Crippen LogP contribution in [0.4, 0.5) is 8.78 Å². The van der Waals surface area contributed by atoms with Crippen LogP contribution in [0.5, 0.6) is 0 Å². The summed E-state index contributed by atoms with van der Waals surface area (Å²) >= 11 is 0. The number of sulfonamides is 1. The van der Waals surface area contributed by atoms with E-state index >= 15 is 0 Å². The molecule has 2 rings (SSSR count). The van der Waals surface area contributed by atoms with Crippen LogP contribution in [-0.2, 0) is 14.8 Å². The van der Waals surface area contributed by atoms with Crippen LogP contribution in [-0.4, -0.2) is 61.2 Å². The summed E-state index contributed by atoms with van der Waals surface area (Å²) < 4.78 is 53.4. The molecule has 0 aromatic rings. The molecule has 0 bridgehead atoms. The van der Waals surface area contributed by atoms with Gasteiger partial charge in [-0.2, -0.15) is 0 Å². The Hall–Kier alpha value is -0.800. The number of aliphatic hydroxyl groups excluding tert-OH is 1. The number of halogens is 2. The fraction of sp³-hybridized carbons (Fsp3) is 0.929. The van der Waals surface area contributed by atoms with Crippen LogP contribution in [0, 0.1) is 5.92 Å². The average Bonchev–Trinajstić information content (AvgIpc) is 2.76. The fourth-order valence-corrected chi connectivity index (χ4v) is 4.59. The van der Waals surface area contributed by atoms with Crippen LogP contribution in [0.1, 0.15) is 39.0 Å². The number of rotatable bonds is 5. The quantitative estimate of drug-likeness (QED) is 0.761.